The third-order valence-corrected chi connectivity index (χ3v) is 7.56. The molecule has 8 nitrogen and oxygen atoms in total. The predicted octanol–water partition coefficient (Wildman–Crippen LogP) is 0.519. The van der Waals surface area contributed by atoms with E-state index >= 15 is 0 Å². The molecular weight excluding hydrogens is 368 g/mol. The normalized spacial score (nSPS) is 23.3. The molecule has 2 aliphatic heterocycles. The Hall–Kier alpha value is -1.49. The first-order valence-corrected chi connectivity index (χ1v) is 11.1. The molecule has 2 heterocycles. The summed E-state index contributed by atoms with van der Waals surface area (Å²) in [7, 11) is -7.42. The first kappa shape index (κ1) is 18.3. The summed E-state index contributed by atoms with van der Waals surface area (Å²) in [5, 5.41) is 0. The van der Waals surface area contributed by atoms with Crippen molar-refractivity contribution < 1.29 is 26.4 Å². The number of nitrogens with one attached hydrogen (secondary N) is 1. The lowest BCUT2D eigenvalue weighted by Crippen LogP contribution is -2.32. The second kappa shape index (κ2) is 6.67. The van der Waals surface area contributed by atoms with E-state index in [0.717, 1.165) is 17.1 Å². The molecule has 0 radical (unpaired) electrons. The molecule has 0 aliphatic carbocycles. The van der Waals surface area contributed by atoms with Gasteiger partial charge in [0.1, 0.15) is 0 Å². The molecule has 0 unspecified atom stereocenters. The molecule has 1 aromatic rings. The molecule has 0 aromatic heterocycles. The van der Waals surface area contributed by atoms with Crippen LogP contribution in [0.15, 0.2) is 23.1 Å². The van der Waals surface area contributed by atoms with Gasteiger partial charge in [-0.15, -0.1) is 0 Å². The van der Waals surface area contributed by atoms with Gasteiger partial charge in [0.25, 0.3) is 0 Å². The SMILES string of the molecule is Cc1cc(N2C(=O)CCS2(=O)=O)ccc1S(=O)(=O)NC[C@@H]1CCCO1. The maximum Gasteiger partial charge on any atom is 0.242 e. The Morgan fingerprint density at radius 1 is 1.36 bits per heavy atom. The molecule has 3 rings (SSSR count). The third-order valence-electron chi connectivity index (χ3n) is 4.29. The third kappa shape index (κ3) is 3.71. The van der Waals surface area contributed by atoms with Gasteiger partial charge in [-0.2, -0.15) is 0 Å². The van der Waals surface area contributed by atoms with E-state index in [-0.39, 0.29) is 35.4 Å². The van der Waals surface area contributed by atoms with E-state index in [1.54, 1.807) is 6.92 Å². The fourth-order valence-electron chi connectivity index (χ4n) is 3.02. The Morgan fingerprint density at radius 2 is 2.12 bits per heavy atom. The van der Waals surface area contributed by atoms with Crippen LogP contribution in [0.1, 0.15) is 24.8 Å². The molecule has 25 heavy (non-hydrogen) atoms. The Labute approximate surface area is 147 Å². The fourth-order valence-corrected chi connectivity index (χ4v) is 5.76. The molecular formula is C15H20N2O6S2. The van der Waals surface area contributed by atoms with Crippen molar-refractivity contribution >= 4 is 31.6 Å². The summed E-state index contributed by atoms with van der Waals surface area (Å²) in [6.45, 7) is 2.40. The molecule has 10 heteroatoms. The molecule has 0 bridgehead atoms. The van der Waals surface area contributed by atoms with Crippen molar-refractivity contribution in [2.75, 3.05) is 23.2 Å². The van der Waals surface area contributed by atoms with Crippen LogP contribution in [-0.2, 0) is 29.6 Å². The predicted molar refractivity (Wildman–Crippen MR) is 91.2 cm³/mol. The lowest BCUT2D eigenvalue weighted by Gasteiger charge is -2.17. The van der Waals surface area contributed by atoms with Crippen molar-refractivity contribution in [1.29, 1.82) is 0 Å². The highest BCUT2D eigenvalue weighted by molar-refractivity contribution is 7.94. The summed E-state index contributed by atoms with van der Waals surface area (Å²) >= 11 is 0. The monoisotopic (exact) mass is 388 g/mol. The van der Waals surface area contributed by atoms with Crippen LogP contribution in [0.25, 0.3) is 0 Å². The van der Waals surface area contributed by atoms with E-state index < -0.39 is 26.0 Å². The summed E-state index contributed by atoms with van der Waals surface area (Å²) in [6, 6.07) is 4.07. The van der Waals surface area contributed by atoms with Crippen molar-refractivity contribution in [2.24, 2.45) is 0 Å². The fraction of sp³-hybridized carbons (Fsp3) is 0.533. The van der Waals surface area contributed by atoms with Crippen LogP contribution in [0.3, 0.4) is 0 Å². The van der Waals surface area contributed by atoms with E-state index in [0.29, 0.717) is 12.2 Å². The minimum atomic E-state index is -3.74. The van der Waals surface area contributed by atoms with Crippen LogP contribution in [0.4, 0.5) is 5.69 Å². The van der Waals surface area contributed by atoms with Crippen LogP contribution < -0.4 is 9.03 Å². The van der Waals surface area contributed by atoms with Crippen LogP contribution in [0.5, 0.6) is 0 Å². The zero-order valence-corrected chi connectivity index (χ0v) is 15.4. The molecule has 2 saturated heterocycles. The summed E-state index contributed by atoms with van der Waals surface area (Å²) < 4.78 is 57.6. The molecule has 1 aromatic carbocycles. The lowest BCUT2D eigenvalue weighted by atomic mass is 10.2. The van der Waals surface area contributed by atoms with E-state index in [4.69, 9.17) is 4.74 Å². The number of hydrogen-bond donors (Lipinski definition) is 1. The zero-order chi connectivity index (χ0) is 18.2. The maximum absolute atomic E-state index is 12.5. The van der Waals surface area contributed by atoms with E-state index in [1.165, 1.54) is 18.2 Å². The Kier molecular flexibility index (Phi) is 4.89. The summed E-state index contributed by atoms with van der Waals surface area (Å²) in [6.07, 6.45) is 1.54. The van der Waals surface area contributed by atoms with Crippen LogP contribution in [-0.4, -0.2) is 47.8 Å². The largest absolute Gasteiger partial charge is 0.377 e. The molecule has 0 spiro atoms. The summed E-state index contributed by atoms with van der Waals surface area (Å²) in [5.41, 5.74) is 0.533. The highest BCUT2D eigenvalue weighted by Gasteiger charge is 2.36. The molecule has 2 aliphatic rings. The second-order valence-corrected chi connectivity index (χ2v) is 9.83. The van der Waals surface area contributed by atoms with Crippen molar-refractivity contribution in [3.05, 3.63) is 23.8 Å². The summed E-state index contributed by atoms with van der Waals surface area (Å²) in [4.78, 5) is 11.9. The van der Waals surface area contributed by atoms with E-state index in [1.807, 2.05) is 0 Å². The number of carbonyl (C=O) groups excluding carboxylic acids is 1. The topological polar surface area (TPSA) is 110 Å². The number of nitrogens with zero attached hydrogens (tertiary/aromatic N) is 1. The van der Waals surface area contributed by atoms with Gasteiger partial charge in [0.2, 0.25) is 26.0 Å². The van der Waals surface area contributed by atoms with E-state index in [2.05, 4.69) is 4.72 Å². The minimum absolute atomic E-state index is 0.0540. The van der Waals surface area contributed by atoms with Gasteiger partial charge in [-0.3, -0.25) is 4.79 Å². The average Bonchev–Trinajstić information content (AvgIpc) is 3.13. The van der Waals surface area contributed by atoms with E-state index in [9.17, 15) is 21.6 Å². The first-order chi connectivity index (χ1) is 11.7. The van der Waals surface area contributed by atoms with Crippen LogP contribution in [0, 0.1) is 6.92 Å². The average molecular weight is 388 g/mol. The Bertz CT molecular complexity index is 889. The lowest BCUT2D eigenvalue weighted by molar-refractivity contribution is -0.116. The van der Waals surface area contributed by atoms with Crippen LogP contribution in [0.2, 0.25) is 0 Å². The first-order valence-electron chi connectivity index (χ1n) is 7.98. The number of ether oxygens (including phenoxy) is 1. The number of amides is 1. The molecule has 1 amide bonds. The highest BCUT2D eigenvalue weighted by Crippen LogP contribution is 2.28. The molecule has 1 N–H and O–H groups in total. The minimum Gasteiger partial charge on any atom is -0.377 e. The number of benzene rings is 1. The molecule has 138 valence electrons. The van der Waals surface area contributed by atoms with Crippen molar-refractivity contribution in [3.8, 4) is 0 Å². The Morgan fingerprint density at radius 3 is 2.68 bits per heavy atom. The number of hydrogen-bond acceptors (Lipinski definition) is 6. The standard InChI is InChI=1S/C15H20N2O6S2/c1-11-9-12(17-15(18)6-8-24(17,19)20)4-5-14(11)25(21,22)16-10-13-3-2-7-23-13/h4-5,9,13,16H,2-3,6-8,10H2,1H3/t13-/m0/s1. The zero-order valence-electron chi connectivity index (χ0n) is 13.8. The van der Waals surface area contributed by atoms with Crippen LogP contribution >= 0.6 is 0 Å². The quantitative estimate of drug-likeness (QED) is 0.787. The second-order valence-electron chi connectivity index (χ2n) is 6.16. The van der Waals surface area contributed by atoms with Gasteiger partial charge in [-0.25, -0.2) is 25.9 Å². The Balaban J connectivity index is 1.83. The van der Waals surface area contributed by atoms with Gasteiger partial charge >= 0.3 is 0 Å². The van der Waals surface area contributed by atoms with Gasteiger partial charge in [-0.05, 0) is 43.5 Å². The smallest absolute Gasteiger partial charge is 0.242 e. The molecule has 1 atom stereocenters. The van der Waals surface area contributed by atoms with Gasteiger partial charge < -0.3 is 4.74 Å². The van der Waals surface area contributed by atoms with Crippen molar-refractivity contribution in [2.45, 2.75) is 37.2 Å². The molecule has 2 fully saturated rings. The summed E-state index contributed by atoms with van der Waals surface area (Å²) in [5.74, 6) is -0.736. The van der Waals surface area contributed by atoms with Crippen molar-refractivity contribution in [3.63, 3.8) is 0 Å². The number of sulfonamides is 2. The number of aryl methyl sites for hydroxylation is 1. The highest BCUT2D eigenvalue weighted by atomic mass is 32.2. The number of anilines is 1. The van der Waals surface area contributed by atoms with Gasteiger partial charge in [0, 0.05) is 19.6 Å². The number of carbonyl (C=O) groups is 1. The van der Waals surface area contributed by atoms with Gasteiger partial charge in [0.15, 0.2) is 0 Å². The maximum atomic E-state index is 12.5. The van der Waals surface area contributed by atoms with Crippen molar-refractivity contribution in [1.82, 2.24) is 4.72 Å². The number of rotatable bonds is 5. The van der Waals surface area contributed by atoms with Gasteiger partial charge in [-0.1, -0.05) is 0 Å². The van der Waals surface area contributed by atoms with Gasteiger partial charge in [0.05, 0.1) is 22.4 Å². The molecule has 0 saturated carbocycles.